The molecular weight excluding hydrogens is 400 g/mol. The summed E-state index contributed by atoms with van der Waals surface area (Å²) in [6, 6.07) is 20.4. The summed E-state index contributed by atoms with van der Waals surface area (Å²) in [5, 5.41) is 6.26. The molecule has 0 aromatic heterocycles. The average molecular weight is 433 g/mol. The van der Waals surface area contributed by atoms with Crippen LogP contribution in [0.15, 0.2) is 60.7 Å². The van der Waals surface area contributed by atoms with E-state index in [0.717, 1.165) is 63.0 Å². The second-order valence-corrected chi connectivity index (χ2v) is 9.36. The fourth-order valence-corrected chi connectivity index (χ4v) is 5.61. The van der Waals surface area contributed by atoms with Gasteiger partial charge >= 0.3 is 0 Å². The summed E-state index contributed by atoms with van der Waals surface area (Å²) in [5.74, 6) is 0.304. The number of carbonyl (C=O) groups is 2. The van der Waals surface area contributed by atoms with E-state index in [1.165, 1.54) is 0 Å². The molecular formula is C26H32N4O2. The normalized spacial score (nSPS) is 21.8. The van der Waals surface area contributed by atoms with Gasteiger partial charge in [0.05, 0.1) is 12.1 Å². The number of hydrogen-bond acceptors (Lipinski definition) is 4. The van der Waals surface area contributed by atoms with Gasteiger partial charge in [-0.25, -0.2) is 0 Å². The van der Waals surface area contributed by atoms with Gasteiger partial charge in [-0.05, 0) is 43.4 Å². The molecule has 0 unspecified atom stereocenters. The Balaban J connectivity index is 1.16. The minimum absolute atomic E-state index is 0.143. The third-order valence-electron chi connectivity index (χ3n) is 7.77. The molecule has 0 radical (unpaired) electrons. The Morgan fingerprint density at radius 2 is 1.59 bits per heavy atom. The van der Waals surface area contributed by atoms with Crippen molar-refractivity contribution in [2.24, 2.45) is 0 Å². The maximum Gasteiger partial charge on any atom is 0.247 e. The lowest BCUT2D eigenvalue weighted by molar-refractivity contribution is -0.130. The Hall–Kier alpha value is -2.86. The number of anilines is 1. The quantitative estimate of drug-likeness (QED) is 0.737. The Bertz CT molecular complexity index is 950. The largest absolute Gasteiger partial charge is 0.354 e. The van der Waals surface area contributed by atoms with Gasteiger partial charge in [0.15, 0.2) is 0 Å². The van der Waals surface area contributed by atoms with Crippen LogP contribution in [0.5, 0.6) is 0 Å². The zero-order valence-corrected chi connectivity index (χ0v) is 18.6. The van der Waals surface area contributed by atoms with E-state index < -0.39 is 5.54 Å². The van der Waals surface area contributed by atoms with Gasteiger partial charge < -0.3 is 20.4 Å². The predicted molar refractivity (Wildman–Crippen MR) is 125 cm³/mol. The first kappa shape index (κ1) is 21.0. The van der Waals surface area contributed by atoms with E-state index in [2.05, 4.69) is 44.7 Å². The van der Waals surface area contributed by atoms with E-state index in [9.17, 15) is 9.59 Å². The number of likely N-dealkylation sites (tertiary alicyclic amines) is 1. The van der Waals surface area contributed by atoms with E-state index in [0.29, 0.717) is 13.2 Å². The second kappa shape index (κ2) is 8.58. The second-order valence-electron chi connectivity index (χ2n) is 9.36. The van der Waals surface area contributed by atoms with Crippen LogP contribution in [0, 0.1) is 0 Å². The number of carbonyl (C=O) groups excluding carboxylic acids is 2. The fraction of sp³-hybridized carbons (Fsp3) is 0.462. The molecule has 0 atom stereocenters. The molecule has 3 fully saturated rings. The minimum atomic E-state index is -0.454. The SMILES string of the molecule is O=C(NCCN1CCC2(CC1)C(=O)NCN2c1ccccc1)C1(c2ccccc2)CCC1. The van der Waals surface area contributed by atoms with Gasteiger partial charge in [0.1, 0.15) is 5.54 Å². The average Bonchev–Trinajstić information content (AvgIpc) is 3.11. The van der Waals surface area contributed by atoms with Gasteiger partial charge in [-0.2, -0.15) is 0 Å². The third kappa shape index (κ3) is 3.56. The number of hydrogen-bond donors (Lipinski definition) is 2. The molecule has 2 saturated heterocycles. The van der Waals surface area contributed by atoms with Crippen molar-refractivity contribution < 1.29 is 9.59 Å². The highest BCUT2D eigenvalue weighted by atomic mass is 16.2. The lowest BCUT2D eigenvalue weighted by atomic mass is 9.64. The molecule has 1 saturated carbocycles. The first-order valence-corrected chi connectivity index (χ1v) is 11.8. The summed E-state index contributed by atoms with van der Waals surface area (Å²) in [6.45, 7) is 3.75. The van der Waals surface area contributed by atoms with Crippen LogP contribution in [0.4, 0.5) is 5.69 Å². The first-order valence-electron chi connectivity index (χ1n) is 11.8. The van der Waals surface area contributed by atoms with Crippen molar-refractivity contribution in [1.82, 2.24) is 15.5 Å². The Morgan fingerprint density at radius 1 is 0.938 bits per heavy atom. The van der Waals surface area contributed by atoms with E-state index in [-0.39, 0.29) is 17.2 Å². The van der Waals surface area contributed by atoms with Crippen LogP contribution in [0.25, 0.3) is 0 Å². The zero-order chi connectivity index (χ0) is 22.0. The molecule has 2 aliphatic heterocycles. The molecule has 32 heavy (non-hydrogen) atoms. The van der Waals surface area contributed by atoms with E-state index in [4.69, 9.17) is 0 Å². The summed E-state index contributed by atoms with van der Waals surface area (Å²) < 4.78 is 0. The number of piperidine rings is 1. The summed E-state index contributed by atoms with van der Waals surface area (Å²) in [6.07, 6.45) is 4.57. The monoisotopic (exact) mass is 432 g/mol. The van der Waals surface area contributed by atoms with E-state index >= 15 is 0 Å². The van der Waals surface area contributed by atoms with Crippen molar-refractivity contribution in [1.29, 1.82) is 0 Å². The summed E-state index contributed by atoms with van der Waals surface area (Å²) in [4.78, 5) is 30.5. The number of nitrogens with one attached hydrogen (secondary N) is 2. The maximum atomic E-state index is 13.0. The molecule has 1 spiro atoms. The molecule has 2 aromatic rings. The van der Waals surface area contributed by atoms with Crippen LogP contribution >= 0.6 is 0 Å². The smallest absolute Gasteiger partial charge is 0.247 e. The fourth-order valence-electron chi connectivity index (χ4n) is 5.61. The van der Waals surface area contributed by atoms with Crippen LogP contribution in [0.1, 0.15) is 37.7 Å². The zero-order valence-electron chi connectivity index (χ0n) is 18.6. The topological polar surface area (TPSA) is 64.7 Å². The molecule has 0 bridgehead atoms. The number of benzene rings is 2. The Labute approximate surface area is 190 Å². The van der Waals surface area contributed by atoms with Crippen molar-refractivity contribution in [2.75, 3.05) is 37.7 Å². The van der Waals surface area contributed by atoms with E-state index in [1.54, 1.807) is 0 Å². The number of nitrogens with zero attached hydrogens (tertiary/aromatic N) is 2. The maximum absolute atomic E-state index is 13.0. The summed E-state index contributed by atoms with van der Waals surface area (Å²) in [5.41, 5.74) is 1.44. The summed E-state index contributed by atoms with van der Waals surface area (Å²) >= 11 is 0. The number of rotatable bonds is 6. The van der Waals surface area contributed by atoms with Gasteiger partial charge in [0, 0.05) is 31.9 Å². The third-order valence-corrected chi connectivity index (χ3v) is 7.77. The molecule has 2 amide bonds. The molecule has 2 heterocycles. The van der Waals surface area contributed by atoms with Crippen LogP contribution in [-0.4, -0.2) is 55.1 Å². The Kier molecular flexibility index (Phi) is 5.64. The van der Waals surface area contributed by atoms with Crippen molar-refractivity contribution >= 4 is 17.5 Å². The van der Waals surface area contributed by atoms with Crippen LogP contribution in [-0.2, 0) is 15.0 Å². The standard InChI is InChI=1S/C26H32N4O2/c31-23(25(12-7-13-25)21-8-3-1-4-9-21)27-16-19-29-17-14-26(15-18-29)24(32)28-20-30(26)22-10-5-2-6-11-22/h1-6,8-11H,7,12-20H2,(H,27,31)(H,28,32). The van der Waals surface area contributed by atoms with Gasteiger partial charge in [-0.1, -0.05) is 55.0 Å². The molecule has 2 aromatic carbocycles. The van der Waals surface area contributed by atoms with Gasteiger partial charge in [0.25, 0.3) is 0 Å². The molecule has 3 aliphatic rings. The van der Waals surface area contributed by atoms with Crippen molar-refractivity contribution in [2.45, 2.75) is 43.1 Å². The van der Waals surface area contributed by atoms with Gasteiger partial charge in [0.2, 0.25) is 11.8 Å². The predicted octanol–water partition coefficient (Wildman–Crippen LogP) is 2.65. The minimum Gasteiger partial charge on any atom is -0.354 e. The van der Waals surface area contributed by atoms with Crippen molar-refractivity contribution in [3.05, 3.63) is 66.2 Å². The van der Waals surface area contributed by atoms with Crippen LogP contribution in [0.2, 0.25) is 0 Å². The van der Waals surface area contributed by atoms with Crippen molar-refractivity contribution in [3.8, 4) is 0 Å². The van der Waals surface area contributed by atoms with E-state index in [1.807, 2.05) is 36.4 Å². The summed E-state index contributed by atoms with van der Waals surface area (Å²) in [7, 11) is 0. The number of para-hydroxylation sites is 1. The molecule has 6 nitrogen and oxygen atoms in total. The first-order chi connectivity index (χ1) is 15.6. The van der Waals surface area contributed by atoms with Crippen LogP contribution < -0.4 is 15.5 Å². The van der Waals surface area contributed by atoms with Gasteiger partial charge in [-0.3, -0.25) is 9.59 Å². The lowest BCUT2D eigenvalue weighted by Crippen LogP contribution is -2.57. The molecule has 6 heteroatoms. The van der Waals surface area contributed by atoms with Crippen molar-refractivity contribution in [3.63, 3.8) is 0 Å². The molecule has 5 rings (SSSR count). The van der Waals surface area contributed by atoms with Gasteiger partial charge in [-0.15, -0.1) is 0 Å². The highest BCUT2D eigenvalue weighted by Crippen LogP contribution is 2.44. The molecule has 168 valence electrons. The molecule has 2 N–H and O–H groups in total. The Morgan fingerprint density at radius 3 is 2.22 bits per heavy atom. The van der Waals surface area contributed by atoms with Crippen LogP contribution in [0.3, 0.4) is 0 Å². The molecule has 1 aliphatic carbocycles. The lowest BCUT2D eigenvalue weighted by Gasteiger charge is -2.43. The highest BCUT2D eigenvalue weighted by Gasteiger charge is 2.50. The highest BCUT2D eigenvalue weighted by molar-refractivity contribution is 5.93. The number of amides is 2.